The lowest BCUT2D eigenvalue weighted by molar-refractivity contribution is -0.115. The van der Waals surface area contributed by atoms with Gasteiger partial charge in [-0.1, -0.05) is 35.3 Å². The van der Waals surface area contributed by atoms with E-state index in [4.69, 9.17) is 23.2 Å². The van der Waals surface area contributed by atoms with Crippen LogP contribution in [0.3, 0.4) is 0 Å². The van der Waals surface area contributed by atoms with Crippen molar-refractivity contribution in [1.82, 2.24) is 0 Å². The third-order valence-corrected chi connectivity index (χ3v) is 4.12. The van der Waals surface area contributed by atoms with Crippen molar-refractivity contribution in [3.8, 4) is 0 Å². The molecule has 0 fully saturated rings. The summed E-state index contributed by atoms with van der Waals surface area (Å²) in [6.45, 7) is 1.91. The van der Waals surface area contributed by atoms with Crippen LogP contribution in [0.2, 0.25) is 10.0 Å². The van der Waals surface area contributed by atoms with Crippen molar-refractivity contribution in [2.45, 2.75) is 13.3 Å². The molecule has 0 unspecified atom stereocenters. The van der Waals surface area contributed by atoms with Gasteiger partial charge in [0.15, 0.2) is 0 Å². The fourth-order valence-electron chi connectivity index (χ4n) is 1.72. The Balaban J connectivity index is 2.08. The third-order valence-electron chi connectivity index (χ3n) is 2.80. The number of halogens is 3. The first-order chi connectivity index (χ1) is 9.45. The minimum Gasteiger partial charge on any atom is -0.325 e. The van der Waals surface area contributed by atoms with Crippen LogP contribution in [0.5, 0.6) is 0 Å². The summed E-state index contributed by atoms with van der Waals surface area (Å²) in [6, 6.07) is 10.8. The second-order valence-corrected chi connectivity index (χ2v) is 6.13. The predicted octanol–water partition coefficient (Wildman–Crippen LogP) is 5.25. The Bertz CT molecular complexity index is 641. The van der Waals surface area contributed by atoms with Gasteiger partial charge >= 0.3 is 0 Å². The minimum atomic E-state index is -0.104. The number of hydrogen-bond acceptors (Lipinski definition) is 1. The standard InChI is InChI=1S/C15H12BrCl2NO/c1-9-6-12(16)14(8-13(9)18)19-15(20)7-10-2-4-11(17)5-3-10/h2-6,8H,7H2,1H3,(H,19,20). The van der Waals surface area contributed by atoms with Gasteiger partial charge in [0.2, 0.25) is 5.91 Å². The van der Waals surface area contributed by atoms with E-state index in [0.717, 1.165) is 15.6 Å². The van der Waals surface area contributed by atoms with Crippen LogP contribution >= 0.6 is 39.1 Å². The molecule has 1 N–H and O–H groups in total. The average molecular weight is 373 g/mol. The van der Waals surface area contributed by atoms with Crippen LogP contribution in [0.15, 0.2) is 40.9 Å². The molecule has 0 aliphatic carbocycles. The molecule has 0 radical (unpaired) electrons. The minimum absolute atomic E-state index is 0.104. The first-order valence-electron chi connectivity index (χ1n) is 5.95. The van der Waals surface area contributed by atoms with E-state index in [1.807, 2.05) is 25.1 Å². The molecule has 0 aromatic heterocycles. The Hall–Kier alpha value is -1.03. The molecule has 2 nitrogen and oxygen atoms in total. The van der Waals surface area contributed by atoms with Crippen molar-refractivity contribution >= 4 is 50.7 Å². The van der Waals surface area contributed by atoms with Gasteiger partial charge in [-0.2, -0.15) is 0 Å². The first-order valence-corrected chi connectivity index (χ1v) is 7.50. The van der Waals surface area contributed by atoms with Crippen molar-refractivity contribution < 1.29 is 4.79 Å². The number of carbonyl (C=O) groups is 1. The highest BCUT2D eigenvalue weighted by atomic mass is 79.9. The summed E-state index contributed by atoms with van der Waals surface area (Å²) in [5.74, 6) is -0.104. The highest BCUT2D eigenvalue weighted by molar-refractivity contribution is 9.10. The van der Waals surface area contributed by atoms with E-state index in [1.165, 1.54) is 0 Å². The molecule has 2 aromatic rings. The van der Waals surface area contributed by atoms with Crippen molar-refractivity contribution in [2.75, 3.05) is 5.32 Å². The number of amides is 1. The third kappa shape index (κ3) is 3.98. The maximum Gasteiger partial charge on any atom is 0.228 e. The molecule has 2 rings (SSSR count). The SMILES string of the molecule is Cc1cc(Br)c(NC(=O)Cc2ccc(Cl)cc2)cc1Cl. The lowest BCUT2D eigenvalue weighted by Gasteiger charge is -2.09. The Morgan fingerprint density at radius 3 is 2.50 bits per heavy atom. The van der Waals surface area contributed by atoms with Crippen molar-refractivity contribution in [2.24, 2.45) is 0 Å². The smallest absolute Gasteiger partial charge is 0.228 e. The largest absolute Gasteiger partial charge is 0.325 e. The quantitative estimate of drug-likeness (QED) is 0.783. The normalized spacial score (nSPS) is 10.4. The second kappa shape index (κ2) is 6.61. The van der Waals surface area contributed by atoms with Crippen molar-refractivity contribution in [3.05, 3.63) is 62.0 Å². The van der Waals surface area contributed by atoms with Crippen LogP contribution in [-0.4, -0.2) is 5.91 Å². The molecule has 20 heavy (non-hydrogen) atoms. The molecule has 0 saturated carbocycles. The van der Waals surface area contributed by atoms with Crippen LogP contribution in [-0.2, 0) is 11.2 Å². The molecule has 2 aromatic carbocycles. The summed E-state index contributed by atoms with van der Waals surface area (Å²) in [5.41, 5.74) is 2.52. The number of hydrogen-bond donors (Lipinski definition) is 1. The van der Waals surface area contributed by atoms with E-state index in [0.29, 0.717) is 15.7 Å². The molecule has 0 atom stereocenters. The Morgan fingerprint density at radius 2 is 1.85 bits per heavy atom. The summed E-state index contributed by atoms with van der Waals surface area (Å²) < 4.78 is 0.809. The van der Waals surface area contributed by atoms with Gasteiger partial charge in [-0.05, 0) is 58.2 Å². The number of nitrogens with one attached hydrogen (secondary N) is 1. The second-order valence-electron chi connectivity index (χ2n) is 4.43. The number of aryl methyl sites for hydroxylation is 1. The highest BCUT2D eigenvalue weighted by Gasteiger charge is 2.09. The zero-order valence-electron chi connectivity index (χ0n) is 10.7. The molecular formula is C15H12BrCl2NO. The van der Waals surface area contributed by atoms with Gasteiger partial charge in [0.05, 0.1) is 12.1 Å². The van der Waals surface area contributed by atoms with E-state index in [1.54, 1.807) is 18.2 Å². The number of rotatable bonds is 3. The fourth-order valence-corrected chi connectivity index (χ4v) is 2.57. The predicted molar refractivity (Wildman–Crippen MR) is 87.7 cm³/mol. The number of carbonyl (C=O) groups excluding carboxylic acids is 1. The first kappa shape index (κ1) is 15.4. The van der Waals surface area contributed by atoms with E-state index < -0.39 is 0 Å². The lowest BCUT2D eigenvalue weighted by Crippen LogP contribution is -2.14. The number of anilines is 1. The summed E-state index contributed by atoms with van der Waals surface area (Å²) in [4.78, 5) is 12.0. The van der Waals surface area contributed by atoms with Gasteiger partial charge in [-0.15, -0.1) is 0 Å². The van der Waals surface area contributed by atoms with E-state index in [-0.39, 0.29) is 12.3 Å². The summed E-state index contributed by atoms with van der Waals surface area (Å²) in [5, 5.41) is 4.11. The molecular weight excluding hydrogens is 361 g/mol. The molecule has 0 bridgehead atoms. The van der Waals surface area contributed by atoms with E-state index in [9.17, 15) is 4.79 Å². The molecule has 0 aliphatic rings. The maximum absolute atomic E-state index is 12.0. The highest BCUT2D eigenvalue weighted by Crippen LogP contribution is 2.29. The lowest BCUT2D eigenvalue weighted by atomic mass is 10.1. The molecule has 0 heterocycles. The van der Waals surface area contributed by atoms with E-state index in [2.05, 4.69) is 21.2 Å². The van der Waals surface area contributed by atoms with Crippen LogP contribution in [0.1, 0.15) is 11.1 Å². The summed E-state index contributed by atoms with van der Waals surface area (Å²) in [6.07, 6.45) is 0.287. The van der Waals surface area contributed by atoms with Crippen LogP contribution < -0.4 is 5.32 Å². The zero-order valence-corrected chi connectivity index (χ0v) is 13.8. The van der Waals surface area contributed by atoms with Crippen LogP contribution in [0, 0.1) is 6.92 Å². The van der Waals surface area contributed by atoms with Crippen molar-refractivity contribution in [1.29, 1.82) is 0 Å². The summed E-state index contributed by atoms with van der Waals surface area (Å²) in [7, 11) is 0. The summed E-state index contributed by atoms with van der Waals surface area (Å²) >= 11 is 15.3. The molecule has 0 aliphatic heterocycles. The Kier molecular flexibility index (Phi) is 5.08. The van der Waals surface area contributed by atoms with Gasteiger partial charge in [0.1, 0.15) is 0 Å². The van der Waals surface area contributed by atoms with E-state index >= 15 is 0 Å². The Labute approximate surface area is 136 Å². The van der Waals surface area contributed by atoms with Gasteiger partial charge in [-0.3, -0.25) is 4.79 Å². The van der Waals surface area contributed by atoms with Crippen LogP contribution in [0.4, 0.5) is 5.69 Å². The van der Waals surface area contributed by atoms with Gasteiger partial charge in [0, 0.05) is 14.5 Å². The molecule has 5 heteroatoms. The topological polar surface area (TPSA) is 29.1 Å². The zero-order chi connectivity index (χ0) is 14.7. The average Bonchev–Trinajstić information content (AvgIpc) is 2.39. The van der Waals surface area contributed by atoms with Gasteiger partial charge in [-0.25, -0.2) is 0 Å². The molecule has 0 spiro atoms. The van der Waals surface area contributed by atoms with Gasteiger partial charge in [0.25, 0.3) is 0 Å². The monoisotopic (exact) mass is 371 g/mol. The molecule has 0 saturated heterocycles. The number of benzene rings is 2. The van der Waals surface area contributed by atoms with Crippen LogP contribution in [0.25, 0.3) is 0 Å². The molecule has 1 amide bonds. The molecule has 104 valence electrons. The fraction of sp³-hybridized carbons (Fsp3) is 0.133. The van der Waals surface area contributed by atoms with Crippen molar-refractivity contribution in [3.63, 3.8) is 0 Å². The van der Waals surface area contributed by atoms with Gasteiger partial charge < -0.3 is 5.32 Å². The Morgan fingerprint density at radius 1 is 1.20 bits per heavy atom. The maximum atomic E-state index is 12.0.